The highest BCUT2D eigenvalue weighted by atomic mass is 35.5. The monoisotopic (exact) mass is 303 g/mol. The molecule has 0 aromatic heterocycles. The fraction of sp³-hybridized carbons (Fsp3) is 0.538. The molecule has 1 aliphatic heterocycles. The SMILES string of the molecule is Cc1c(Cl)cccc1S(=O)(=O)N1C[C@H](C)O[C@@H](C)C1. The summed E-state index contributed by atoms with van der Waals surface area (Å²) in [6.45, 7) is 6.23. The first-order valence-corrected chi connectivity index (χ1v) is 8.05. The second-order valence-corrected chi connectivity index (χ2v) is 7.26. The molecule has 1 fully saturated rings. The van der Waals surface area contributed by atoms with E-state index in [1.54, 1.807) is 25.1 Å². The molecule has 1 aliphatic rings. The van der Waals surface area contributed by atoms with Crippen molar-refractivity contribution in [1.82, 2.24) is 4.31 Å². The molecule has 2 rings (SSSR count). The summed E-state index contributed by atoms with van der Waals surface area (Å²) < 4.78 is 32.4. The standard InChI is InChI=1S/C13H18ClNO3S/c1-9-7-15(8-10(2)18-9)19(16,17)13-6-4-5-12(14)11(13)3/h4-6,9-10H,7-8H2,1-3H3/t9-,10-/m0/s1. The zero-order valence-electron chi connectivity index (χ0n) is 11.3. The summed E-state index contributed by atoms with van der Waals surface area (Å²) in [6, 6.07) is 4.96. The van der Waals surface area contributed by atoms with E-state index >= 15 is 0 Å². The van der Waals surface area contributed by atoms with Crippen molar-refractivity contribution in [2.24, 2.45) is 0 Å². The number of halogens is 1. The van der Waals surface area contributed by atoms with Crippen LogP contribution in [0.2, 0.25) is 5.02 Å². The third-order valence-electron chi connectivity index (χ3n) is 3.22. The third-order valence-corrected chi connectivity index (χ3v) is 5.61. The van der Waals surface area contributed by atoms with Crippen molar-refractivity contribution in [3.05, 3.63) is 28.8 Å². The van der Waals surface area contributed by atoms with Gasteiger partial charge in [0.1, 0.15) is 0 Å². The van der Waals surface area contributed by atoms with Crippen LogP contribution in [0.5, 0.6) is 0 Å². The Morgan fingerprint density at radius 1 is 1.26 bits per heavy atom. The number of nitrogens with zero attached hydrogens (tertiary/aromatic N) is 1. The fourth-order valence-corrected chi connectivity index (χ4v) is 4.40. The summed E-state index contributed by atoms with van der Waals surface area (Å²) in [5.41, 5.74) is 0.593. The van der Waals surface area contributed by atoms with Gasteiger partial charge in [0.25, 0.3) is 0 Å². The lowest BCUT2D eigenvalue weighted by Gasteiger charge is -2.34. The number of ether oxygens (including phenoxy) is 1. The predicted octanol–water partition coefficient (Wildman–Crippen LogP) is 2.45. The number of morpholine rings is 1. The zero-order valence-corrected chi connectivity index (χ0v) is 12.8. The molecular weight excluding hydrogens is 286 g/mol. The summed E-state index contributed by atoms with van der Waals surface area (Å²) in [5, 5.41) is 0.468. The summed E-state index contributed by atoms with van der Waals surface area (Å²) in [5.74, 6) is 0. The maximum Gasteiger partial charge on any atom is 0.243 e. The van der Waals surface area contributed by atoms with Gasteiger partial charge in [-0.05, 0) is 38.5 Å². The van der Waals surface area contributed by atoms with E-state index in [1.807, 2.05) is 13.8 Å². The minimum atomic E-state index is -3.51. The van der Waals surface area contributed by atoms with Crippen molar-refractivity contribution in [1.29, 1.82) is 0 Å². The summed E-state index contributed by atoms with van der Waals surface area (Å²) in [4.78, 5) is 0.279. The molecule has 0 radical (unpaired) electrons. The van der Waals surface area contributed by atoms with Crippen LogP contribution < -0.4 is 0 Å². The Labute approximate surface area is 119 Å². The summed E-state index contributed by atoms with van der Waals surface area (Å²) >= 11 is 6.01. The van der Waals surface area contributed by atoms with Gasteiger partial charge >= 0.3 is 0 Å². The van der Waals surface area contributed by atoms with Crippen LogP contribution in [0.15, 0.2) is 23.1 Å². The minimum Gasteiger partial charge on any atom is -0.373 e. The molecule has 6 heteroatoms. The van der Waals surface area contributed by atoms with E-state index in [0.717, 1.165) is 0 Å². The minimum absolute atomic E-state index is 0.0991. The third kappa shape index (κ3) is 2.94. The first-order chi connectivity index (χ1) is 8.82. The van der Waals surface area contributed by atoms with Crippen molar-refractivity contribution in [2.45, 2.75) is 37.9 Å². The molecule has 0 N–H and O–H groups in total. The van der Waals surface area contributed by atoms with Crippen molar-refractivity contribution < 1.29 is 13.2 Å². The normalized spacial score (nSPS) is 25.5. The molecule has 1 heterocycles. The van der Waals surface area contributed by atoms with Gasteiger partial charge in [-0.2, -0.15) is 4.31 Å². The first-order valence-electron chi connectivity index (χ1n) is 6.23. The number of sulfonamides is 1. The molecule has 1 aromatic rings. The van der Waals surface area contributed by atoms with E-state index in [-0.39, 0.29) is 17.1 Å². The lowest BCUT2D eigenvalue weighted by atomic mass is 10.2. The highest BCUT2D eigenvalue weighted by Crippen LogP contribution is 2.27. The van der Waals surface area contributed by atoms with E-state index in [1.165, 1.54) is 4.31 Å². The van der Waals surface area contributed by atoms with Crippen LogP contribution in [0.3, 0.4) is 0 Å². The Morgan fingerprint density at radius 2 is 1.84 bits per heavy atom. The van der Waals surface area contributed by atoms with Crippen LogP contribution in [0.1, 0.15) is 19.4 Å². The molecule has 1 aromatic carbocycles. The van der Waals surface area contributed by atoms with E-state index in [2.05, 4.69) is 0 Å². The second kappa shape index (κ2) is 5.40. The van der Waals surface area contributed by atoms with Gasteiger partial charge < -0.3 is 4.74 Å². The molecule has 19 heavy (non-hydrogen) atoms. The van der Waals surface area contributed by atoms with E-state index in [4.69, 9.17) is 16.3 Å². The molecule has 0 spiro atoms. The van der Waals surface area contributed by atoms with Crippen LogP contribution in [-0.4, -0.2) is 38.0 Å². The molecular formula is C13H18ClNO3S. The molecule has 0 saturated carbocycles. The number of rotatable bonds is 2. The van der Waals surface area contributed by atoms with Crippen LogP contribution in [-0.2, 0) is 14.8 Å². The van der Waals surface area contributed by atoms with Crippen molar-refractivity contribution in [2.75, 3.05) is 13.1 Å². The smallest absolute Gasteiger partial charge is 0.243 e. The predicted molar refractivity (Wildman–Crippen MR) is 75.0 cm³/mol. The topological polar surface area (TPSA) is 46.6 Å². The van der Waals surface area contributed by atoms with Gasteiger partial charge in [-0.3, -0.25) is 0 Å². The van der Waals surface area contributed by atoms with Gasteiger partial charge in [0, 0.05) is 18.1 Å². The largest absolute Gasteiger partial charge is 0.373 e. The van der Waals surface area contributed by atoms with Gasteiger partial charge in [0.05, 0.1) is 17.1 Å². The number of hydrogen-bond donors (Lipinski definition) is 0. The maximum absolute atomic E-state index is 12.7. The maximum atomic E-state index is 12.7. The lowest BCUT2D eigenvalue weighted by Crippen LogP contribution is -2.48. The zero-order chi connectivity index (χ0) is 14.2. The lowest BCUT2D eigenvalue weighted by molar-refractivity contribution is -0.0440. The van der Waals surface area contributed by atoms with Gasteiger partial charge in [-0.25, -0.2) is 8.42 Å². The Kier molecular flexibility index (Phi) is 4.20. The molecule has 0 unspecified atom stereocenters. The Bertz CT molecular complexity index is 563. The van der Waals surface area contributed by atoms with Crippen LogP contribution in [0, 0.1) is 6.92 Å². The average molecular weight is 304 g/mol. The van der Waals surface area contributed by atoms with Gasteiger partial charge in [-0.15, -0.1) is 0 Å². The number of benzene rings is 1. The molecule has 0 bridgehead atoms. The molecule has 4 nitrogen and oxygen atoms in total. The average Bonchev–Trinajstić information content (AvgIpc) is 2.31. The van der Waals surface area contributed by atoms with Crippen LogP contribution in [0.4, 0.5) is 0 Å². The second-order valence-electron chi connectivity index (χ2n) is 4.94. The Balaban J connectivity index is 2.39. The van der Waals surface area contributed by atoms with Crippen LogP contribution >= 0.6 is 11.6 Å². The summed E-state index contributed by atoms with van der Waals surface area (Å²) in [6.07, 6.45) is -0.198. The molecule has 0 aliphatic carbocycles. The molecule has 2 atom stereocenters. The van der Waals surface area contributed by atoms with E-state index < -0.39 is 10.0 Å². The fourth-order valence-electron chi connectivity index (χ4n) is 2.33. The van der Waals surface area contributed by atoms with Crippen molar-refractivity contribution in [3.8, 4) is 0 Å². The Hall–Kier alpha value is -0.620. The number of hydrogen-bond acceptors (Lipinski definition) is 3. The summed E-state index contributed by atoms with van der Waals surface area (Å²) in [7, 11) is -3.51. The van der Waals surface area contributed by atoms with E-state index in [9.17, 15) is 8.42 Å². The molecule has 106 valence electrons. The highest BCUT2D eigenvalue weighted by molar-refractivity contribution is 7.89. The van der Waals surface area contributed by atoms with Gasteiger partial charge in [0.15, 0.2) is 0 Å². The first kappa shape index (κ1) is 14.8. The molecule has 0 amide bonds. The van der Waals surface area contributed by atoms with Crippen LogP contribution in [0.25, 0.3) is 0 Å². The van der Waals surface area contributed by atoms with Gasteiger partial charge in [-0.1, -0.05) is 17.7 Å². The quantitative estimate of drug-likeness (QED) is 0.843. The van der Waals surface area contributed by atoms with Gasteiger partial charge in [0.2, 0.25) is 10.0 Å². The van der Waals surface area contributed by atoms with Crippen molar-refractivity contribution >= 4 is 21.6 Å². The molecule has 1 saturated heterocycles. The Morgan fingerprint density at radius 3 is 2.42 bits per heavy atom. The highest BCUT2D eigenvalue weighted by Gasteiger charge is 2.33. The van der Waals surface area contributed by atoms with Crippen molar-refractivity contribution in [3.63, 3.8) is 0 Å². The van der Waals surface area contributed by atoms with E-state index in [0.29, 0.717) is 23.7 Å².